The summed E-state index contributed by atoms with van der Waals surface area (Å²) >= 11 is 0. The number of likely N-dealkylation sites (tertiary alicyclic amines) is 1. The Bertz CT molecular complexity index is 631. The quantitative estimate of drug-likeness (QED) is 0.492. The van der Waals surface area contributed by atoms with Crippen molar-refractivity contribution in [2.45, 2.75) is 19.4 Å². The zero-order chi connectivity index (χ0) is 14.8. The summed E-state index contributed by atoms with van der Waals surface area (Å²) in [6, 6.07) is 0. The Balaban J connectivity index is 1.53. The molecule has 2 aliphatic heterocycles. The molecule has 1 aromatic heterocycles. The van der Waals surface area contributed by atoms with E-state index in [1.54, 1.807) is 0 Å². The van der Waals surface area contributed by atoms with Crippen LogP contribution in [0.25, 0.3) is 6.08 Å². The largest absolute Gasteiger partial charge is 0.309 e. The second-order valence-electron chi connectivity index (χ2n) is 5.11. The SMILES string of the molecule is CS1=Cn2c(CNCCN3C(=O)CCC3=O)cnc2C=C1. The lowest BCUT2D eigenvalue weighted by molar-refractivity contribution is -0.138. The van der Waals surface area contributed by atoms with E-state index in [0.29, 0.717) is 32.5 Å². The maximum absolute atomic E-state index is 11.5. The second kappa shape index (κ2) is 5.95. The molecule has 3 heterocycles. The molecule has 0 aliphatic carbocycles. The van der Waals surface area contributed by atoms with Gasteiger partial charge in [-0.3, -0.25) is 19.1 Å². The van der Waals surface area contributed by atoms with E-state index >= 15 is 0 Å². The fourth-order valence-electron chi connectivity index (χ4n) is 2.44. The molecule has 3 rings (SSSR count). The van der Waals surface area contributed by atoms with Crippen LogP contribution in [0.3, 0.4) is 0 Å². The molecule has 0 saturated carbocycles. The number of carbonyl (C=O) groups is 2. The van der Waals surface area contributed by atoms with Gasteiger partial charge in [-0.25, -0.2) is 4.98 Å². The third-order valence-corrected chi connectivity index (χ3v) is 4.69. The Morgan fingerprint density at radius 2 is 2.10 bits per heavy atom. The summed E-state index contributed by atoms with van der Waals surface area (Å²) in [7, 11) is 0.133. The first kappa shape index (κ1) is 14.2. The summed E-state index contributed by atoms with van der Waals surface area (Å²) in [5, 5.41) is 5.42. The molecule has 0 spiro atoms. The lowest BCUT2D eigenvalue weighted by atomic mass is 10.4. The van der Waals surface area contributed by atoms with Gasteiger partial charge in [0.1, 0.15) is 5.82 Å². The molecule has 1 aromatic rings. The number of imidazole rings is 1. The lowest BCUT2D eigenvalue weighted by Crippen LogP contribution is -2.35. The maximum atomic E-state index is 11.5. The van der Waals surface area contributed by atoms with Crippen molar-refractivity contribution >= 4 is 33.9 Å². The first-order valence-corrected chi connectivity index (χ1v) is 8.68. The molecule has 1 fully saturated rings. The third-order valence-electron chi connectivity index (χ3n) is 3.58. The zero-order valence-electron chi connectivity index (χ0n) is 11.9. The number of imide groups is 1. The van der Waals surface area contributed by atoms with E-state index < -0.39 is 0 Å². The highest BCUT2D eigenvalue weighted by molar-refractivity contribution is 8.17. The molecule has 1 saturated heterocycles. The second-order valence-corrected chi connectivity index (χ2v) is 6.81. The van der Waals surface area contributed by atoms with Gasteiger partial charge in [0.05, 0.1) is 11.9 Å². The number of nitrogens with one attached hydrogen (secondary N) is 1. The Labute approximate surface area is 125 Å². The Morgan fingerprint density at radius 3 is 2.86 bits per heavy atom. The number of hydrogen-bond acceptors (Lipinski definition) is 4. The molecule has 1 atom stereocenters. The molecule has 0 bridgehead atoms. The minimum Gasteiger partial charge on any atom is -0.309 e. The van der Waals surface area contributed by atoms with Gasteiger partial charge in [0.25, 0.3) is 0 Å². The fraction of sp³-hybridized carbons (Fsp3) is 0.429. The molecule has 7 heteroatoms. The number of rotatable bonds is 5. The summed E-state index contributed by atoms with van der Waals surface area (Å²) in [4.78, 5) is 28.7. The first-order valence-electron chi connectivity index (χ1n) is 6.92. The van der Waals surface area contributed by atoms with Crippen LogP contribution in [0.1, 0.15) is 24.4 Å². The van der Waals surface area contributed by atoms with E-state index in [1.165, 1.54) is 4.90 Å². The number of nitrogens with zero attached hydrogens (tertiary/aromatic N) is 3. The molecular formula is C14H18N4O2S. The number of aromatic nitrogens is 2. The Hall–Kier alpha value is -1.73. The van der Waals surface area contributed by atoms with Crippen molar-refractivity contribution in [3.63, 3.8) is 0 Å². The van der Waals surface area contributed by atoms with Crippen molar-refractivity contribution in [1.82, 2.24) is 19.8 Å². The topological polar surface area (TPSA) is 67.2 Å². The maximum Gasteiger partial charge on any atom is 0.229 e. The summed E-state index contributed by atoms with van der Waals surface area (Å²) in [6.07, 6.45) is 6.76. The highest BCUT2D eigenvalue weighted by Gasteiger charge is 2.27. The van der Waals surface area contributed by atoms with Crippen molar-refractivity contribution in [3.05, 3.63) is 23.1 Å². The molecule has 1 unspecified atom stereocenters. The lowest BCUT2D eigenvalue weighted by Gasteiger charge is -2.14. The summed E-state index contributed by atoms with van der Waals surface area (Å²) in [6.45, 7) is 1.72. The molecule has 2 aliphatic rings. The average molecular weight is 306 g/mol. The average Bonchev–Trinajstić information content (AvgIpc) is 3.00. The van der Waals surface area contributed by atoms with Gasteiger partial charge in [0.2, 0.25) is 11.8 Å². The number of hydrogen-bond donors (Lipinski definition) is 1. The van der Waals surface area contributed by atoms with Gasteiger partial charge >= 0.3 is 0 Å². The molecule has 0 aromatic carbocycles. The van der Waals surface area contributed by atoms with E-state index in [9.17, 15) is 9.59 Å². The number of amides is 2. The molecule has 112 valence electrons. The molecule has 21 heavy (non-hydrogen) atoms. The standard InChI is InChI=1S/C14H18N4O2S/c1-21-7-4-12-16-9-11(18(12)10-21)8-15-5-6-17-13(19)2-3-14(17)20/h4,7,9-10,15H,2-3,5-6,8H2,1H3. The highest BCUT2D eigenvalue weighted by Crippen LogP contribution is 2.18. The van der Waals surface area contributed by atoms with Crippen LogP contribution in [0.2, 0.25) is 0 Å². The van der Waals surface area contributed by atoms with Gasteiger partial charge in [-0.05, 0) is 17.7 Å². The predicted octanol–water partition coefficient (Wildman–Crippen LogP) is 0.613. The van der Waals surface area contributed by atoms with Gasteiger partial charge in [-0.15, -0.1) is 10.5 Å². The van der Waals surface area contributed by atoms with Gasteiger partial charge in [-0.1, -0.05) is 0 Å². The fourth-order valence-corrected chi connectivity index (χ4v) is 3.42. The predicted molar refractivity (Wildman–Crippen MR) is 83.9 cm³/mol. The first-order chi connectivity index (χ1) is 10.1. The zero-order valence-corrected chi connectivity index (χ0v) is 12.7. The highest BCUT2D eigenvalue weighted by atomic mass is 32.2. The van der Waals surface area contributed by atoms with Gasteiger partial charge in [-0.2, -0.15) is 0 Å². The van der Waals surface area contributed by atoms with Crippen LogP contribution in [-0.2, 0) is 16.1 Å². The van der Waals surface area contributed by atoms with Crippen LogP contribution in [0.5, 0.6) is 0 Å². The van der Waals surface area contributed by atoms with E-state index in [0.717, 1.165) is 11.5 Å². The molecule has 0 radical (unpaired) electrons. The normalized spacial score (nSPS) is 20.8. The smallest absolute Gasteiger partial charge is 0.229 e. The van der Waals surface area contributed by atoms with E-state index in [-0.39, 0.29) is 22.3 Å². The van der Waals surface area contributed by atoms with Crippen LogP contribution in [0, 0.1) is 0 Å². The molecule has 1 N–H and O–H groups in total. The van der Waals surface area contributed by atoms with Gasteiger partial charge < -0.3 is 5.32 Å². The monoisotopic (exact) mass is 306 g/mol. The van der Waals surface area contributed by atoms with Crippen LogP contribution < -0.4 is 5.32 Å². The van der Waals surface area contributed by atoms with Crippen molar-refractivity contribution in [3.8, 4) is 0 Å². The van der Waals surface area contributed by atoms with Gasteiger partial charge in [0, 0.05) is 38.0 Å². The van der Waals surface area contributed by atoms with Gasteiger partial charge in [0.15, 0.2) is 0 Å². The molecule has 2 amide bonds. The Morgan fingerprint density at radius 1 is 1.33 bits per heavy atom. The van der Waals surface area contributed by atoms with Crippen LogP contribution in [0.4, 0.5) is 0 Å². The van der Waals surface area contributed by atoms with Crippen LogP contribution in [-0.4, -0.2) is 51.1 Å². The number of fused-ring (bicyclic) bond motifs is 1. The van der Waals surface area contributed by atoms with Crippen molar-refractivity contribution in [1.29, 1.82) is 0 Å². The van der Waals surface area contributed by atoms with E-state index in [2.05, 4.69) is 32.0 Å². The summed E-state index contributed by atoms with van der Waals surface area (Å²) in [5.41, 5.74) is 3.25. The van der Waals surface area contributed by atoms with Crippen LogP contribution >= 0.6 is 10.5 Å². The minimum absolute atomic E-state index is 0.0583. The van der Waals surface area contributed by atoms with Crippen molar-refractivity contribution < 1.29 is 9.59 Å². The van der Waals surface area contributed by atoms with E-state index in [1.807, 2.05) is 12.3 Å². The molecular weight excluding hydrogens is 288 g/mol. The summed E-state index contributed by atoms with van der Waals surface area (Å²) < 4.78 is 2.10. The van der Waals surface area contributed by atoms with E-state index in [4.69, 9.17) is 0 Å². The summed E-state index contributed by atoms with van der Waals surface area (Å²) in [5.74, 6) is 0.830. The molecule has 6 nitrogen and oxygen atoms in total. The third kappa shape index (κ3) is 2.98. The van der Waals surface area contributed by atoms with Crippen molar-refractivity contribution in [2.75, 3.05) is 19.3 Å². The Kier molecular flexibility index (Phi) is 4.03. The van der Waals surface area contributed by atoms with Crippen LogP contribution in [0.15, 0.2) is 11.6 Å². The number of carbonyl (C=O) groups excluding carboxylic acids is 2. The minimum atomic E-state index is -0.0583. The van der Waals surface area contributed by atoms with Crippen molar-refractivity contribution in [2.24, 2.45) is 0 Å².